The molecule has 4 rings (SSSR count). The number of rotatable bonds is 7. The van der Waals surface area contributed by atoms with E-state index in [1.165, 1.54) is 6.92 Å². The molecule has 3 N–H and O–H groups in total. The first kappa shape index (κ1) is 23.9. The summed E-state index contributed by atoms with van der Waals surface area (Å²) in [5.74, 6) is 1.42. The molecule has 0 aliphatic rings. The highest BCUT2D eigenvalue weighted by atomic mass is 16.5. The number of amides is 1. The van der Waals surface area contributed by atoms with Gasteiger partial charge in [-0.2, -0.15) is 0 Å². The fourth-order valence-corrected chi connectivity index (χ4v) is 3.41. The van der Waals surface area contributed by atoms with Crippen LogP contribution in [0.3, 0.4) is 0 Å². The van der Waals surface area contributed by atoms with E-state index in [1.807, 2.05) is 60.7 Å². The second-order valence-electron chi connectivity index (χ2n) is 7.81. The number of anilines is 2. The van der Waals surface area contributed by atoms with Gasteiger partial charge in [0.2, 0.25) is 5.91 Å². The third-order valence-electron chi connectivity index (χ3n) is 4.96. The van der Waals surface area contributed by atoms with E-state index >= 15 is 0 Å². The minimum atomic E-state index is -0.0911. The van der Waals surface area contributed by atoms with Gasteiger partial charge in [0.05, 0.1) is 24.6 Å². The molecule has 4 aromatic rings. The van der Waals surface area contributed by atoms with Crippen molar-refractivity contribution in [3.8, 4) is 11.5 Å². The molecule has 0 aliphatic carbocycles. The Morgan fingerprint density at radius 1 is 0.758 bits per heavy atom. The lowest BCUT2D eigenvalue weighted by atomic mass is 10.1. The van der Waals surface area contributed by atoms with Crippen molar-refractivity contribution in [1.29, 1.82) is 0 Å². The van der Waals surface area contributed by atoms with Crippen molar-refractivity contribution in [1.82, 2.24) is 0 Å². The van der Waals surface area contributed by atoms with Crippen LogP contribution < -0.4 is 20.5 Å². The van der Waals surface area contributed by atoms with Crippen molar-refractivity contribution >= 4 is 38.8 Å². The number of carbonyl (C=O) groups is 1. The number of ether oxygens (including phenoxy) is 2. The van der Waals surface area contributed by atoms with Crippen molar-refractivity contribution < 1.29 is 14.3 Å². The molecule has 0 saturated carbocycles. The summed E-state index contributed by atoms with van der Waals surface area (Å²) in [6.07, 6.45) is 1.93. The predicted octanol–water partition coefficient (Wildman–Crippen LogP) is 6.80. The quantitative estimate of drug-likeness (QED) is 0.308. The maximum Gasteiger partial charge on any atom is 0.221 e. The van der Waals surface area contributed by atoms with E-state index in [-0.39, 0.29) is 5.91 Å². The zero-order valence-corrected chi connectivity index (χ0v) is 19.6. The summed E-state index contributed by atoms with van der Waals surface area (Å²) >= 11 is 0. The van der Waals surface area contributed by atoms with E-state index < -0.39 is 0 Å². The van der Waals surface area contributed by atoms with Crippen LogP contribution in [0, 0.1) is 0 Å². The third kappa shape index (κ3) is 6.62. The lowest BCUT2D eigenvalue weighted by Crippen LogP contribution is -2.08. The molecule has 5 nitrogen and oxygen atoms in total. The van der Waals surface area contributed by atoms with Gasteiger partial charge in [-0.15, -0.1) is 0 Å². The molecule has 0 atom stereocenters. The number of nitrogen functional groups attached to an aromatic ring is 1. The Morgan fingerprint density at radius 2 is 1.21 bits per heavy atom. The van der Waals surface area contributed by atoms with Crippen molar-refractivity contribution in [2.24, 2.45) is 0 Å². The Balaban J connectivity index is 0.000000189. The summed E-state index contributed by atoms with van der Waals surface area (Å²) in [5.41, 5.74) is 7.34. The van der Waals surface area contributed by atoms with Gasteiger partial charge < -0.3 is 20.5 Å². The van der Waals surface area contributed by atoms with Crippen LogP contribution >= 0.6 is 0 Å². The molecule has 172 valence electrons. The summed E-state index contributed by atoms with van der Waals surface area (Å²) in [6, 6.07) is 24.0. The third-order valence-corrected chi connectivity index (χ3v) is 4.96. The minimum Gasteiger partial charge on any atom is -0.491 e. The van der Waals surface area contributed by atoms with Crippen LogP contribution in [0.4, 0.5) is 11.4 Å². The summed E-state index contributed by atoms with van der Waals surface area (Å²) in [6.45, 7) is 6.99. The van der Waals surface area contributed by atoms with E-state index in [9.17, 15) is 4.79 Å². The Morgan fingerprint density at radius 3 is 1.73 bits per heavy atom. The van der Waals surface area contributed by atoms with Crippen LogP contribution in [0.25, 0.3) is 21.5 Å². The first-order valence-corrected chi connectivity index (χ1v) is 11.4. The number of benzene rings is 4. The summed E-state index contributed by atoms with van der Waals surface area (Å²) in [5, 5.41) is 7.32. The van der Waals surface area contributed by atoms with Crippen LogP contribution in [-0.2, 0) is 4.79 Å². The van der Waals surface area contributed by atoms with Crippen molar-refractivity contribution in [2.75, 3.05) is 24.3 Å². The molecule has 0 spiro atoms. The number of carbonyl (C=O) groups excluding carboxylic acids is 1. The molecule has 0 saturated heterocycles. The van der Waals surface area contributed by atoms with E-state index in [0.29, 0.717) is 18.9 Å². The van der Waals surface area contributed by atoms with Gasteiger partial charge in [-0.05, 0) is 58.7 Å². The normalized spacial score (nSPS) is 10.4. The maximum atomic E-state index is 11.2. The average Bonchev–Trinajstić information content (AvgIpc) is 2.81. The molecular weight excluding hydrogens is 412 g/mol. The lowest BCUT2D eigenvalue weighted by molar-refractivity contribution is -0.114. The standard InChI is InChI=1S/C15H17NO2.C13H15NO/c1-3-8-18-15-10-13-7-5-4-6-12(13)9-14(15)16-11(2)17;1-2-7-15-13-9-11-6-4-3-5-10(11)8-12(13)14/h4-7,9-10H,3,8H2,1-2H3,(H,16,17);3-6,8-9H,2,7,14H2,1H3. The molecule has 0 unspecified atom stereocenters. The number of fused-ring (bicyclic) bond motifs is 2. The van der Waals surface area contributed by atoms with Crippen LogP contribution in [-0.4, -0.2) is 19.1 Å². The average molecular weight is 445 g/mol. The monoisotopic (exact) mass is 444 g/mol. The van der Waals surface area contributed by atoms with E-state index in [4.69, 9.17) is 15.2 Å². The van der Waals surface area contributed by atoms with Crippen LogP contribution in [0.15, 0.2) is 72.8 Å². The molecule has 5 heteroatoms. The SMILES string of the molecule is CCCOc1cc2ccccc2cc1N.CCCOc1cc2ccccc2cc1NC(C)=O. The second-order valence-corrected chi connectivity index (χ2v) is 7.81. The maximum absolute atomic E-state index is 11.2. The first-order valence-electron chi connectivity index (χ1n) is 11.4. The predicted molar refractivity (Wildman–Crippen MR) is 138 cm³/mol. The zero-order chi connectivity index (χ0) is 23.6. The Kier molecular flexibility index (Phi) is 8.53. The van der Waals surface area contributed by atoms with Gasteiger partial charge in [0.15, 0.2) is 0 Å². The summed E-state index contributed by atoms with van der Waals surface area (Å²) in [4.78, 5) is 11.2. The molecule has 33 heavy (non-hydrogen) atoms. The molecule has 4 aromatic carbocycles. The van der Waals surface area contributed by atoms with Crippen molar-refractivity contribution in [3.05, 3.63) is 72.8 Å². The smallest absolute Gasteiger partial charge is 0.221 e. The molecular formula is C28H32N2O3. The van der Waals surface area contributed by atoms with Crippen molar-refractivity contribution in [3.63, 3.8) is 0 Å². The molecule has 0 bridgehead atoms. The first-order chi connectivity index (χ1) is 16.0. The minimum absolute atomic E-state index is 0.0911. The van der Waals surface area contributed by atoms with Gasteiger partial charge in [-0.3, -0.25) is 4.79 Å². The van der Waals surface area contributed by atoms with Gasteiger partial charge >= 0.3 is 0 Å². The van der Waals surface area contributed by atoms with Crippen molar-refractivity contribution in [2.45, 2.75) is 33.6 Å². The number of nitrogens with two attached hydrogens (primary N) is 1. The number of hydrogen-bond donors (Lipinski definition) is 2. The summed E-state index contributed by atoms with van der Waals surface area (Å²) < 4.78 is 11.2. The van der Waals surface area contributed by atoms with Gasteiger partial charge in [-0.25, -0.2) is 0 Å². The largest absolute Gasteiger partial charge is 0.491 e. The van der Waals surface area contributed by atoms with Crippen LogP contribution in [0.1, 0.15) is 33.6 Å². The van der Waals surface area contributed by atoms with Crippen LogP contribution in [0.5, 0.6) is 11.5 Å². The van der Waals surface area contributed by atoms with Crippen LogP contribution in [0.2, 0.25) is 0 Å². The Labute approximate surface area is 195 Å². The van der Waals surface area contributed by atoms with E-state index in [0.717, 1.165) is 51.6 Å². The topological polar surface area (TPSA) is 73.6 Å². The highest BCUT2D eigenvalue weighted by molar-refractivity contribution is 5.96. The number of nitrogens with one attached hydrogen (secondary N) is 1. The Hall–Kier alpha value is -3.73. The number of hydrogen-bond acceptors (Lipinski definition) is 4. The van der Waals surface area contributed by atoms with Gasteiger partial charge in [0.1, 0.15) is 11.5 Å². The molecule has 0 heterocycles. The van der Waals surface area contributed by atoms with E-state index in [2.05, 4.69) is 31.3 Å². The zero-order valence-electron chi connectivity index (χ0n) is 19.6. The lowest BCUT2D eigenvalue weighted by Gasteiger charge is -2.12. The fraction of sp³-hybridized carbons (Fsp3) is 0.250. The molecule has 1 amide bonds. The highest BCUT2D eigenvalue weighted by Gasteiger charge is 2.07. The fourth-order valence-electron chi connectivity index (χ4n) is 3.41. The molecule has 0 aliphatic heterocycles. The van der Waals surface area contributed by atoms with Gasteiger partial charge in [0, 0.05) is 6.92 Å². The Bertz CT molecular complexity index is 1220. The summed E-state index contributed by atoms with van der Waals surface area (Å²) in [7, 11) is 0. The van der Waals surface area contributed by atoms with Gasteiger partial charge in [-0.1, -0.05) is 62.4 Å². The van der Waals surface area contributed by atoms with Gasteiger partial charge in [0.25, 0.3) is 0 Å². The molecule has 0 radical (unpaired) electrons. The molecule has 0 aromatic heterocycles. The second kappa shape index (κ2) is 11.8. The highest BCUT2D eigenvalue weighted by Crippen LogP contribution is 2.31. The molecule has 0 fully saturated rings. The van der Waals surface area contributed by atoms with E-state index in [1.54, 1.807) is 0 Å².